The molecule has 90 valence electrons. The Morgan fingerprint density at radius 1 is 1.27 bits per heavy atom. The summed E-state index contributed by atoms with van der Waals surface area (Å²) >= 11 is 0. The van der Waals surface area contributed by atoms with E-state index in [4.69, 9.17) is 0 Å². The lowest BCUT2D eigenvalue weighted by Crippen LogP contribution is -2.42. The van der Waals surface area contributed by atoms with E-state index in [0.29, 0.717) is 17.9 Å². The second kappa shape index (κ2) is 7.89. The number of hydrogen-bond acceptors (Lipinski definition) is 2. The summed E-state index contributed by atoms with van der Waals surface area (Å²) in [6, 6.07) is 0.658. The summed E-state index contributed by atoms with van der Waals surface area (Å²) in [5.41, 5.74) is 0. The Morgan fingerprint density at radius 2 is 1.87 bits per heavy atom. The molecular weight excluding hydrogens is 186 g/mol. The molecule has 0 saturated heterocycles. The van der Waals surface area contributed by atoms with Gasteiger partial charge < -0.3 is 10.4 Å². The molecule has 0 aliphatic rings. The fourth-order valence-corrected chi connectivity index (χ4v) is 1.77. The lowest BCUT2D eigenvalue weighted by Gasteiger charge is -2.26. The minimum atomic E-state index is 0.226. The molecule has 0 aromatic rings. The van der Waals surface area contributed by atoms with Crippen LogP contribution in [0.25, 0.3) is 0 Å². The van der Waals surface area contributed by atoms with Crippen molar-refractivity contribution >= 4 is 0 Å². The van der Waals surface area contributed by atoms with E-state index in [2.05, 4.69) is 39.6 Å². The van der Waals surface area contributed by atoms with Crippen LogP contribution in [-0.4, -0.2) is 23.8 Å². The number of allylic oxidation sites excluding steroid dienone is 1. The van der Waals surface area contributed by atoms with Crippen LogP contribution in [-0.2, 0) is 0 Å². The van der Waals surface area contributed by atoms with Gasteiger partial charge in [-0.05, 0) is 31.6 Å². The van der Waals surface area contributed by atoms with Crippen LogP contribution in [0.2, 0.25) is 0 Å². The normalized spacial score (nSPS) is 17.5. The second-order valence-electron chi connectivity index (χ2n) is 4.97. The Hall–Kier alpha value is -0.340. The van der Waals surface area contributed by atoms with E-state index in [0.717, 1.165) is 12.8 Å². The van der Waals surface area contributed by atoms with Crippen molar-refractivity contribution in [2.75, 3.05) is 6.61 Å². The van der Waals surface area contributed by atoms with Gasteiger partial charge in [-0.3, -0.25) is 0 Å². The van der Waals surface area contributed by atoms with Crippen molar-refractivity contribution < 1.29 is 5.11 Å². The van der Waals surface area contributed by atoms with Gasteiger partial charge in [0.2, 0.25) is 0 Å². The zero-order valence-corrected chi connectivity index (χ0v) is 10.7. The maximum Gasteiger partial charge on any atom is 0.0584 e. The molecule has 0 saturated carbocycles. The average Bonchev–Trinajstić information content (AvgIpc) is 2.16. The molecule has 3 atom stereocenters. The maximum absolute atomic E-state index is 9.25. The van der Waals surface area contributed by atoms with Crippen molar-refractivity contribution in [3.63, 3.8) is 0 Å². The van der Waals surface area contributed by atoms with Crippen molar-refractivity contribution in [1.82, 2.24) is 5.32 Å². The molecular formula is C13H27NO. The molecule has 3 unspecified atom stereocenters. The topological polar surface area (TPSA) is 32.3 Å². The van der Waals surface area contributed by atoms with Gasteiger partial charge in [0.15, 0.2) is 0 Å². The van der Waals surface area contributed by atoms with E-state index in [1.54, 1.807) is 0 Å². The van der Waals surface area contributed by atoms with E-state index in [-0.39, 0.29) is 12.6 Å². The SMILES string of the molecule is C=CCC(C)C(C)NC(CO)CC(C)C. The van der Waals surface area contributed by atoms with Gasteiger partial charge >= 0.3 is 0 Å². The quantitative estimate of drug-likeness (QED) is 0.607. The van der Waals surface area contributed by atoms with Crippen LogP contribution in [0.5, 0.6) is 0 Å². The van der Waals surface area contributed by atoms with Crippen LogP contribution in [0.15, 0.2) is 12.7 Å². The van der Waals surface area contributed by atoms with E-state index in [1.807, 2.05) is 6.08 Å². The van der Waals surface area contributed by atoms with Gasteiger partial charge in [-0.15, -0.1) is 6.58 Å². The summed E-state index contributed by atoms with van der Waals surface area (Å²) in [5, 5.41) is 12.7. The minimum Gasteiger partial charge on any atom is -0.395 e. The molecule has 0 radical (unpaired) electrons. The molecule has 15 heavy (non-hydrogen) atoms. The second-order valence-corrected chi connectivity index (χ2v) is 4.97. The molecule has 0 aliphatic carbocycles. The van der Waals surface area contributed by atoms with Gasteiger partial charge in [-0.25, -0.2) is 0 Å². The monoisotopic (exact) mass is 213 g/mol. The number of aliphatic hydroxyl groups is 1. The summed E-state index contributed by atoms with van der Waals surface area (Å²) in [6.45, 7) is 12.7. The maximum atomic E-state index is 9.25. The highest BCUT2D eigenvalue weighted by Gasteiger charge is 2.16. The average molecular weight is 213 g/mol. The Labute approximate surface area is 94.8 Å². The summed E-state index contributed by atoms with van der Waals surface area (Å²) in [4.78, 5) is 0. The predicted molar refractivity (Wildman–Crippen MR) is 66.9 cm³/mol. The van der Waals surface area contributed by atoms with Crippen LogP contribution in [0.4, 0.5) is 0 Å². The Morgan fingerprint density at radius 3 is 2.27 bits per heavy atom. The standard InChI is InChI=1S/C13H27NO/c1-6-7-11(4)12(5)14-13(9-15)8-10(2)3/h6,10-15H,1,7-9H2,2-5H3. The van der Waals surface area contributed by atoms with E-state index in [1.165, 1.54) is 0 Å². The van der Waals surface area contributed by atoms with Crippen molar-refractivity contribution in [2.45, 2.75) is 52.6 Å². The van der Waals surface area contributed by atoms with Gasteiger partial charge in [0, 0.05) is 12.1 Å². The largest absolute Gasteiger partial charge is 0.395 e. The molecule has 2 N–H and O–H groups in total. The highest BCUT2D eigenvalue weighted by molar-refractivity contribution is 4.80. The molecule has 0 rings (SSSR count). The molecule has 0 bridgehead atoms. The number of hydrogen-bond donors (Lipinski definition) is 2. The number of rotatable bonds is 8. The first-order valence-electron chi connectivity index (χ1n) is 5.99. The molecule has 0 heterocycles. The van der Waals surface area contributed by atoms with E-state index in [9.17, 15) is 5.11 Å². The van der Waals surface area contributed by atoms with Crippen LogP contribution in [0.1, 0.15) is 40.5 Å². The van der Waals surface area contributed by atoms with E-state index < -0.39 is 0 Å². The molecule has 0 aliphatic heterocycles. The van der Waals surface area contributed by atoms with Crippen molar-refractivity contribution in [1.29, 1.82) is 0 Å². The van der Waals surface area contributed by atoms with Gasteiger partial charge in [-0.2, -0.15) is 0 Å². The number of aliphatic hydroxyl groups excluding tert-OH is 1. The Kier molecular flexibility index (Phi) is 7.71. The first-order chi connectivity index (χ1) is 7.01. The third-order valence-electron chi connectivity index (χ3n) is 2.87. The zero-order valence-electron chi connectivity index (χ0n) is 10.7. The van der Waals surface area contributed by atoms with Crippen LogP contribution in [0.3, 0.4) is 0 Å². The van der Waals surface area contributed by atoms with Gasteiger partial charge in [-0.1, -0.05) is 26.8 Å². The van der Waals surface area contributed by atoms with Gasteiger partial charge in [0.05, 0.1) is 6.61 Å². The van der Waals surface area contributed by atoms with Crippen LogP contribution in [0, 0.1) is 11.8 Å². The fraction of sp³-hybridized carbons (Fsp3) is 0.846. The molecule has 0 aromatic carbocycles. The van der Waals surface area contributed by atoms with Gasteiger partial charge in [0.1, 0.15) is 0 Å². The zero-order chi connectivity index (χ0) is 11.8. The fourth-order valence-electron chi connectivity index (χ4n) is 1.77. The highest BCUT2D eigenvalue weighted by atomic mass is 16.3. The van der Waals surface area contributed by atoms with Crippen LogP contribution >= 0.6 is 0 Å². The number of nitrogens with one attached hydrogen (secondary N) is 1. The molecule has 0 spiro atoms. The third-order valence-corrected chi connectivity index (χ3v) is 2.87. The van der Waals surface area contributed by atoms with E-state index >= 15 is 0 Å². The third kappa shape index (κ3) is 6.69. The van der Waals surface area contributed by atoms with Gasteiger partial charge in [0.25, 0.3) is 0 Å². The summed E-state index contributed by atoms with van der Waals surface area (Å²) in [5.74, 6) is 1.19. The van der Waals surface area contributed by atoms with Crippen LogP contribution < -0.4 is 5.32 Å². The predicted octanol–water partition coefficient (Wildman–Crippen LogP) is 2.58. The molecule has 0 fully saturated rings. The smallest absolute Gasteiger partial charge is 0.0584 e. The summed E-state index contributed by atoms with van der Waals surface area (Å²) in [6.07, 6.45) is 4.01. The lowest BCUT2D eigenvalue weighted by atomic mass is 9.97. The highest BCUT2D eigenvalue weighted by Crippen LogP contribution is 2.11. The summed E-state index contributed by atoms with van der Waals surface area (Å²) < 4.78 is 0. The lowest BCUT2D eigenvalue weighted by molar-refractivity contribution is 0.204. The molecule has 2 heteroatoms. The minimum absolute atomic E-state index is 0.226. The molecule has 0 aromatic heterocycles. The van der Waals surface area contributed by atoms with Crippen molar-refractivity contribution in [3.05, 3.63) is 12.7 Å². The van der Waals surface area contributed by atoms with Crippen molar-refractivity contribution in [3.8, 4) is 0 Å². The first kappa shape index (κ1) is 14.7. The Balaban J connectivity index is 3.99. The summed E-state index contributed by atoms with van der Waals surface area (Å²) in [7, 11) is 0. The molecule has 2 nitrogen and oxygen atoms in total. The Bertz CT molecular complexity index is 168. The first-order valence-corrected chi connectivity index (χ1v) is 5.99. The molecule has 0 amide bonds. The van der Waals surface area contributed by atoms with Crippen molar-refractivity contribution in [2.24, 2.45) is 11.8 Å².